The molecule has 0 saturated carbocycles. The van der Waals surface area contributed by atoms with Crippen molar-refractivity contribution in [1.29, 1.82) is 0 Å². The maximum atomic E-state index is 13.2. The number of fused-ring (bicyclic) bond motifs is 3. The molecular weight excluding hydrogens is 352 g/mol. The minimum Gasteiger partial charge on any atom is -0.410 e. The van der Waals surface area contributed by atoms with Crippen molar-refractivity contribution in [2.45, 2.75) is 72.2 Å². The van der Waals surface area contributed by atoms with Gasteiger partial charge < -0.3 is 4.43 Å². The molecule has 3 aliphatic carbocycles. The summed E-state index contributed by atoms with van der Waals surface area (Å²) in [5, 5.41) is 0. The number of ketones is 2. The van der Waals surface area contributed by atoms with Crippen molar-refractivity contribution >= 4 is 19.9 Å². The van der Waals surface area contributed by atoms with Crippen LogP contribution in [0, 0.1) is 23.7 Å². The Bertz CT molecular complexity index is 718. The summed E-state index contributed by atoms with van der Waals surface area (Å²) >= 11 is 0. The molecule has 3 nitrogen and oxygen atoms in total. The molecule has 0 aliphatic heterocycles. The standard InChI is InChI=1S/C23H34O3Si/c1-7-27(8-2,9-3)26-19-13-16(6)23(25)21-18(19)12-15(5)17-11-10-14(4)22(24)20(17)21/h10,12-13,17-21H,7-9,11H2,1-6H3/t17-,18+,19-,20+,21+/m1/s1. The van der Waals surface area contributed by atoms with Gasteiger partial charge in [0.25, 0.3) is 0 Å². The third-order valence-electron chi connectivity index (χ3n) is 7.45. The van der Waals surface area contributed by atoms with Gasteiger partial charge in [0.05, 0.1) is 6.10 Å². The topological polar surface area (TPSA) is 43.4 Å². The molecule has 0 fully saturated rings. The van der Waals surface area contributed by atoms with Gasteiger partial charge in [-0.1, -0.05) is 44.6 Å². The molecule has 0 spiro atoms. The summed E-state index contributed by atoms with van der Waals surface area (Å²) < 4.78 is 6.84. The molecule has 0 saturated heterocycles. The van der Waals surface area contributed by atoms with Crippen molar-refractivity contribution in [3.8, 4) is 0 Å². The van der Waals surface area contributed by atoms with Crippen LogP contribution in [-0.4, -0.2) is 26.0 Å². The fourth-order valence-corrected chi connectivity index (χ4v) is 8.19. The van der Waals surface area contributed by atoms with Crippen LogP contribution in [0.3, 0.4) is 0 Å². The molecule has 0 aromatic heterocycles. The lowest BCUT2D eigenvalue weighted by atomic mass is 9.58. The Labute approximate surface area is 165 Å². The SMILES string of the molecule is CC[Si](CC)(CC)O[C@@H]1C=C(C)C(=O)[C@H]2[C@H]1C=C(C)[C@H]1CC=C(C)C(=O)[C@H]21. The number of allylic oxidation sites excluding steroid dienone is 4. The van der Waals surface area contributed by atoms with E-state index in [-0.39, 0.29) is 41.3 Å². The van der Waals surface area contributed by atoms with E-state index in [4.69, 9.17) is 4.43 Å². The Morgan fingerprint density at radius 1 is 0.926 bits per heavy atom. The molecule has 148 valence electrons. The largest absolute Gasteiger partial charge is 0.410 e. The lowest BCUT2D eigenvalue weighted by molar-refractivity contribution is -0.134. The van der Waals surface area contributed by atoms with Crippen LogP contribution >= 0.6 is 0 Å². The van der Waals surface area contributed by atoms with E-state index in [2.05, 4.69) is 33.8 Å². The van der Waals surface area contributed by atoms with E-state index in [0.29, 0.717) is 0 Å². The van der Waals surface area contributed by atoms with Gasteiger partial charge in [-0.3, -0.25) is 9.59 Å². The Balaban J connectivity index is 2.04. The molecule has 0 bridgehead atoms. The first-order valence-electron chi connectivity index (χ1n) is 10.6. The van der Waals surface area contributed by atoms with Crippen molar-refractivity contribution in [3.63, 3.8) is 0 Å². The molecule has 3 aliphatic rings. The van der Waals surface area contributed by atoms with Crippen molar-refractivity contribution in [2.24, 2.45) is 23.7 Å². The van der Waals surface area contributed by atoms with Gasteiger partial charge in [-0.2, -0.15) is 0 Å². The highest BCUT2D eigenvalue weighted by molar-refractivity contribution is 6.73. The Hall–Kier alpha value is -1.26. The summed E-state index contributed by atoms with van der Waals surface area (Å²) in [6.07, 6.45) is 7.15. The predicted molar refractivity (Wildman–Crippen MR) is 112 cm³/mol. The molecule has 0 heterocycles. The zero-order valence-electron chi connectivity index (χ0n) is 17.7. The third kappa shape index (κ3) is 3.36. The second-order valence-electron chi connectivity index (χ2n) is 8.67. The number of hydrogen-bond donors (Lipinski definition) is 0. The van der Waals surface area contributed by atoms with Crippen LogP contribution in [0.25, 0.3) is 0 Å². The van der Waals surface area contributed by atoms with Gasteiger partial charge in [-0.25, -0.2) is 0 Å². The molecule has 0 amide bonds. The lowest BCUT2D eigenvalue weighted by Crippen LogP contribution is -2.52. The average Bonchev–Trinajstić information content (AvgIpc) is 2.66. The molecule has 0 unspecified atom stereocenters. The quantitative estimate of drug-likeness (QED) is 0.479. The summed E-state index contributed by atoms with van der Waals surface area (Å²) in [6, 6.07) is 3.26. The van der Waals surface area contributed by atoms with Crippen LogP contribution in [0.2, 0.25) is 18.1 Å². The van der Waals surface area contributed by atoms with Gasteiger partial charge in [-0.05, 0) is 62.4 Å². The smallest absolute Gasteiger partial charge is 0.192 e. The summed E-state index contributed by atoms with van der Waals surface area (Å²) in [5.41, 5.74) is 2.85. The average molecular weight is 387 g/mol. The van der Waals surface area contributed by atoms with Crippen LogP contribution in [0.1, 0.15) is 48.0 Å². The highest BCUT2D eigenvalue weighted by atomic mass is 28.4. The monoisotopic (exact) mass is 386 g/mol. The fourth-order valence-electron chi connectivity index (χ4n) is 5.39. The van der Waals surface area contributed by atoms with Crippen LogP contribution in [0.15, 0.2) is 34.9 Å². The van der Waals surface area contributed by atoms with Gasteiger partial charge in [-0.15, -0.1) is 0 Å². The van der Waals surface area contributed by atoms with E-state index in [1.807, 2.05) is 26.0 Å². The van der Waals surface area contributed by atoms with Crippen LogP contribution in [0.5, 0.6) is 0 Å². The Morgan fingerprint density at radius 3 is 2.11 bits per heavy atom. The molecule has 4 heteroatoms. The van der Waals surface area contributed by atoms with Crippen LogP contribution in [0.4, 0.5) is 0 Å². The maximum absolute atomic E-state index is 13.2. The van der Waals surface area contributed by atoms with Gasteiger partial charge in [0, 0.05) is 17.8 Å². The van der Waals surface area contributed by atoms with E-state index in [0.717, 1.165) is 35.7 Å². The fraction of sp³-hybridized carbons (Fsp3) is 0.652. The van der Waals surface area contributed by atoms with Gasteiger partial charge in [0.2, 0.25) is 0 Å². The molecule has 27 heavy (non-hydrogen) atoms. The molecule has 0 aromatic rings. The summed E-state index contributed by atoms with van der Waals surface area (Å²) in [6.45, 7) is 12.6. The number of carbonyl (C=O) groups excluding carboxylic acids is 2. The lowest BCUT2D eigenvalue weighted by Gasteiger charge is -2.47. The van der Waals surface area contributed by atoms with E-state index in [1.54, 1.807) is 0 Å². The number of rotatable bonds is 5. The highest BCUT2D eigenvalue weighted by Gasteiger charge is 2.52. The molecular formula is C23H34O3Si. The van der Waals surface area contributed by atoms with Crippen molar-refractivity contribution in [3.05, 3.63) is 34.9 Å². The summed E-state index contributed by atoms with van der Waals surface area (Å²) in [4.78, 5) is 26.3. The first-order valence-corrected chi connectivity index (χ1v) is 13.1. The first kappa shape index (κ1) is 20.5. The number of Topliss-reactive ketones (excluding diaryl/α,β-unsaturated/α-hetero) is 2. The first-order chi connectivity index (χ1) is 12.8. The zero-order chi connectivity index (χ0) is 19.9. The molecule has 0 radical (unpaired) electrons. The molecule has 5 atom stereocenters. The van der Waals surface area contributed by atoms with Crippen LogP contribution in [-0.2, 0) is 14.0 Å². The van der Waals surface area contributed by atoms with Crippen molar-refractivity contribution in [2.75, 3.05) is 0 Å². The molecule has 0 N–H and O–H groups in total. The van der Waals surface area contributed by atoms with Gasteiger partial charge >= 0.3 is 0 Å². The zero-order valence-corrected chi connectivity index (χ0v) is 18.7. The minimum absolute atomic E-state index is 0.00572. The van der Waals surface area contributed by atoms with Crippen molar-refractivity contribution < 1.29 is 14.0 Å². The van der Waals surface area contributed by atoms with Crippen LogP contribution < -0.4 is 0 Å². The van der Waals surface area contributed by atoms with E-state index >= 15 is 0 Å². The third-order valence-corrected chi connectivity index (χ3v) is 12.1. The second kappa shape index (κ2) is 7.63. The Morgan fingerprint density at radius 2 is 1.52 bits per heavy atom. The van der Waals surface area contributed by atoms with Gasteiger partial charge in [0.1, 0.15) is 0 Å². The predicted octanol–water partition coefficient (Wildman–Crippen LogP) is 5.25. The summed E-state index contributed by atoms with van der Waals surface area (Å²) in [7, 11) is -1.81. The molecule has 0 aromatic carbocycles. The Kier molecular flexibility index (Phi) is 5.79. The normalized spacial score (nSPS) is 33.7. The summed E-state index contributed by atoms with van der Waals surface area (Å²) in [5.74, 6) is 0.00603. The highest BCUT2D eigenvalue weighted by Crippen LogP contribution is 2.49. The van der Waals surface area contributed by atoms with Gasteiger partial charge in [0.15, 0.2) is 19.9 Å². The van der Waals surface area contributed by atoms with E-state index in [1.165, 1.54) is 5.57 Å². The van der Waals surface area contributed by atoms with Crippen molar-refractivity contribution in [1.82, 2.24) is 0 Å². The number of hydrogen-bond acceptors (Lipinski definition) is 3. The number of carbonyl (C=O) groups is 2. The van der Waals surface area contributed by atoms with E-state index < -0.39 is 8.32 Å². The second-order valence-corrected chi connectivity index (χ2v) is 13.4. The minimum atomic E-state index is -1.81. The van der Waals surface area contributed by atoms with E-state index in [9.17, 15) is 9.59 Å². The molecule has 3 rings (SSSR count). The maximum Gasteiger partial charge on any atom is 0.192 e.